The Kier molecular flexibility index (Phi) is 5.31. The zero-order valence-electron chi connectivity index (χ0n) is 14.1. The Morgan fingerprint density at radius 3 is 2.38 bits per heavy atom. The van der Waals surface area contributed by atoms with Gasteiger partial charge in [0.2, 0.25) is 0 Å². The molecule has 0 aliphatic carbocycles. The molecule has 3 rings (SSSR count). The Balaban J connectivity index is 1.89. The van der Waals surface area contributed by atoms with Crippen LogP contribution in [0.1, 0.15) is 29.9 Å². The third-order valence-corrected chi connectivity index (χ3v) is 5.26. The maximum absolute atomic E-state index is 11.5. The van der Waals surface area contributed by atoms with Crippen molar-refractivity contribution < 1.29 is 9.90 Å². The average Bonchev–Trinajstić information content (AvgIpc) is 2.62. The van der Waals surface area contributed by atoms with E-state index < -0.39 is 5.97 Å². The Morgan fingerprint density at radius 1 is 1.12 bits per heavy atom. The minimum absolute atomic E-state index is 0.229. The van der Waals surface area contributed by atoms with Crippen molar-refractivity contribution in [1.29, 1.82) is 0 Å². The fourth-order valence-electron chi connectivity index (χ4n) is 3.85. The zero-order valence-corrected chi connectivity index (χ0v) is 14.1. The van der Waals surface area contributed by atoms with Gasteiger partial charge in [0.25, 0.3) is 0 Å². The molecule has 126 valence electrons. The van der Waals surface area contributed by atoms with Crippen molar-refractivity contribution in [3.63, 3.8) is 0 Å². The number of aliphatic carboxylic acids is 1. The number of nitrogens with zero attached hydrogens (tertiary/aromatic N) is 1. The zero-order chi connectivity index (χ0) is 16.9. The van der Waals surface area contributed by atoms with Crippen molar-refractivity contribution in [3.05, 3.63) is 71.8 Å². The third kappa shape index (κ3) is 3.85. The number of likely N-dealkylation sites (N-methyl/N-ethyl adjacent to an activating group) is 1. The van der Waals surface area contributed by atoms with E-state index in [0.717, 1.165) is 25.8 Å². The molecular formula is C21H25NO2. The Labute approximate surface area is 143 Å². The van der Waals surface area contributed by atoms with E-state index in [1.807, 2.05) is 12.1 Å². The van der Waals surface area contributed by atoms with Crippen LogP contribution in [0.15, 0.2) is 60.7 Å². The van der Waals surface area contributed by atoms with Crippen LogP contribution < -0.4 is 0 Å². The van der Waals surface area contributed by atoms with Gasteiger partial charge in [-0.2, -0.15) is 0 Å². The van der Waals surface area contributed by atoms with Crippen LogP contribution in [0.2, 0.25) is 0 Å². The van der Waals surface area contributed by atoms with Crippen LogP contribution in [0.4, 0.5) is 0 Å². The smallest absolute Gasteiger partial charge is 0.306 e. The Hall–Kier alpha value is -2.13. The van der Waals surface area contributed by atoms with Gasteiger partial charge in [-0.3, -0.25) is 4.79 Å². The molecule has 3 heteroatoms. The lowest BCUT2D eigenvalue weighted by Crippen LogP contribution is -2.45. The summed E-state index contributed by atoms with van der Waals surface area (Å²) < 4.78 is 0. The number of carbonyl (C=O) groups is 1. The van der Waals surface area contributed by atoms with Gasteiger partial charge < -0.3 is 10.0 Å². The molecular weight excluding hydrogens is 298 g/mol. The van der Waals surface area contributed by atoms with Crippen molar-refractivity contribution in [2.24, 2.45) is 5.92 Å². The first kappa shape index (κ1) is 16.7. The van der Waals surface area contributed by atoms with Crippen LogP contribution in [0.5, 0.6) is 0 Å². The number of carboxylic acid groups (broad SMARTS) is 1. The third-order valence-electron chi connectivity index (χ3n) is 5.26. The van der Waals surface area contributed by atoms with Gasteiger partial charge in [0.1, 0.15) is 0 Å². The summed E-state index contributed by atoms with van der Waals surface area (Å²) in [6.07, 6.45) is 2.40. The molecule has 1 saturated heterocycles. The van der Waals surface area contributed by atoms with Crippen molar-refractivity contribution >= 4 is 5.97 Å². The highest BCUT2D eigenvalue weighted by Gasteiger charge is 2.35. The molecule has 0 amide bonds. The molecule has 0 spiro atoms. The second kappa shape index (κ2) is 7.63. The van der Waals surface area contributed by atoms with Gasteiger partial charge in [-0.1, -0.05) is 60.7 Å². The monoisotopic (exact) mass is 323 g/mol. The van der Waals surface area contributed by atoms with Crippen LogP contribution >= 0.6 is 0 Å². The minimum atomic E-state index is -0.653. The summed E-state index contributed by atoms with van der Waals surface area (Å²) in [7, 11) is 2.13. The number of hydrogen-bond acceptors (Lipinski definition) is 2. The van der Waals surface area contributed by atoms with Crippen LogP contribution in [-0.2, 0) is 11.2 Å². The molecule has 0 aromatic heterocycles. The number of piperidine rings is 1. The highest BCUT2D eigenvalue weighted by atomic mass is 16.4. The normalized spacial score (nSPS) is 22.9. The molecule has 0 bridgehead atoms. The first-order valence-corrected chi connectivity index (χ1v) is 8.67. The van der Waals surface area contributed by atoms with Gasteiger partial charge in [-0.05, 0) is 44.0 Å². The summed E-state index contributed by atoms with van der Waals surface area (Å²) in [6, 6.07) is 21.3. The fourth-order valence-corrected chi connectivity index (χ4v) is 3.85. The van der Waals surface area contributed by atoms with Gasteiger partial charge in [0.05, 0.1) is 5.92 Å². The topological polar surface area (TPSA) is 40.5 Å². The molecule has 0 saturated carbocycles. The number of benzene rings is 2. The molecule has 1 aliphatic heterocycles. The lowest BCUT2D eigenvalue weighted by atomic mass is 9.78. The molecule has 1 heterocycles. The van der Waals surface area contributed by atoms with Gasteiger partial charge in [-0.25, -0.2) is 0 Å². The van der Waals surface area contributed by atoms with Crippen LogP contribution in [0.25, 0.3) is 0 Å². The lowest BCUT2D eigenvalue weighted by molar-refractivity contribution is -0.144. The van der Waals surface area contributed by atoms with Crippen LogP contribution in [-0.4, -0.2) is 35.6 Å². The number of carboxylic acids is 1. The van der Waals surface area contributed by atoms with Crippen molar-refractivity contribution in [2.75, 3.05) is 13.6 Å². The first-order valence-electron chi connectivity index (χ1n) is 8.67. The fraction of sp³-hybridized carbons (Fsp3) is 0.381. The summed E-state index contributed by atoms with van der Waals surface area (Å²) >= 11 is 0. The van der Waals surface area contributed by atoms with E-state index in [0.29, 0.717) is 5.92 Å². The van der Waals surface area contributed by atoms with Crippen molar-refractivity contribution in [1.82, 2.24) is 4.90 Å². The summed E-state index contributed by atoms with van der Waals surface area (Å²) in [5.41, 5.74) is 2.60. The van der Waals surface area contributed by atoms with E-state index in [1.165, 1.54) is 11.1 Å². The number of likely N-dealkylation sites (tertiary alicyclic amines) is 1. The summed E-state index contributed by atoms with van der Waals surface area (Å²) in [5.74, 6) is -0.575. The van der Waals surface area contributed by atoms with E-state index >= 15 is 0 Å². The molecule has 1 fully saturated rings. The second-order valence-electron chi connectivity index (χ2n) is 6.81. The molecule has 1 N–H and O–H groups in total. The molecule has 24 heavy (non-hydrogen) atoms. The van der Waals surface area contributed by atoms with E-state index in [2.05, 4.69) is 60.5 Å². The number of hydrogen-bond donors (Lipinski definition) is 1. The standard InChI is InChI=1S/C21H25NO2/c1-22-13-12-18(21(23)24)15-20(22)19(17-10-6-3-7-11-17)14-16-8-4-2-5-9-16/h2-11,18-20H,12-15H2,1H3,(H,23,24). The Bertz CT molecular complexity index is 656. The van der Waals surface area contributed by atoms with E-state index in [-0.39, 0.29) is 12.0 Å². The molecule has 0 radical (unpaired) electrons. The minimum Gasteiger partial charge on any atom is -0.481 e. The predicted molar refractivity (Wildman–Crippen MR) is 96.1 cm³/mol. The molecule has 2 aromatic carbocycles. The van der Waals surface area contributed by atoms with E-state index in [1.54, 1.807) is 0 Å². The van der Waals surface area contributed by atoms with E-state index in [4.69, 9.17) is 0 Å². The predicted octanol–water partition coefficient (Wildman–Crippen LogP) is 3.81. The van der Waals surface area contributed by atoms with Gasteiger partial charge in [0.15, 0.2) is 0 Å². The highest BCUT2D eigenvalue weighted by Crippen LogP contribution is 2.34. The first-order chi connectivity index (χ1) is 11.6. The van der Waals surface area contributed by atoms with Gasteiger partial charge in [0, 0.05) is 12.0 Å². The molecule has 2 aromatic rings. The summed E-state index contributed by atoms with van der Waals surface area (Å²) in [5, 5.41) is 9.47. The van der Waals surface area contributed by atoms with Gasteiger partial charge in [-0.15, -0.1) is 0 Å². The SMILES string of the molecule is CN1CCC(C(=O)O)CC1C(Cc1ccccc1)c1ccccc1. The maximum Gasteiger partial charge on any atom is 0.306 e. The molecule has 1 aliphatic rings. The van der Waals surface area contributed by atoms with Crippen molar-refractivity contribution in [2.45, 2.75) is 31.2 Å². The molecule has 3 atom stereocenters. The Morgan fingerprint density at radius 2 is 1.75 bits per heavy atom. The maximum atomic E-state index is 11.5. The largest absolute Gasteiger partial charge is 0.481 e. The van der Waals surface area contributed by atoms with Gasteiger partial charge >= 0.3 is 5.97 Å². The molecule has 3 nitrogen and oxygen atoms in total. The second-order valence-corrected chi connectivity index (χ2v) is 6.81. The van der Waals surface area contributed by atoms with Crippen LogP contribution in [0.3, 0.4) is 0 Å². The summed E-state index contributed by atoms with van der Waals surface area (Å²) in [6.45, 7) is 0.847. The average molecular weight is 323 g/mol. The van der Waals surface area contributed by atoms with E-state index in [9.17, 15) is 9.90 Å². The summed E-state index contributed by atoms with van der Waals surface area (Å²) in [4.78, 5) is 13.9. The highest BCUT2D eigenvalue weighted by molar-refractivity contribution is 5.70. The lowest BCUT2D eigenvalue weighted by Gasteiger charge is -2.40. The van der Waals surface area contributed by atoms with Crippen LogP contribution in [0, 0.1) is 5.92 Å². The molecule has 3 unspecified atom stereocenters. The quantitative estimate of drug-likeness (QED) is 0.909. The number of rotatable bonds is 5. The van der Waals surface area contributed by atoms with Crippen molar-refractivity contribution in [3.8, 4) is 0 Å².